The van der Waals surface area contributed by atoms with Crippen molar-refractivity contribution in [1.82, 2.24) is 5.32 Å². The van der Waals surface area contributed by atoms with E-state index >= 15 is 0 Å². The molecule has 0 aliphatic rings. The molecular weight excluding hydrogens is 246 g/mol. The Hall–Kier alpha value is -1.80. The first kappa shape index (κ1) is 14.6. The fourth-order valence-electron chi connectivity index (χ4n) is 2.14. The average Bonchev–Trinajstić information content (AvgIpc) is 2.47. The Kier molecular flexibility index (Phi) is 4.80. The van der Waals surface area contributed by atoms with Crippen LogP contribution in [0.2, 0.25) is 0 Å². The zero-order valence-electron chi connectivity index (χ0n) is 12.5. The Labute approximate surface area is 121 Å². The number of para-hydroxylation sites is 1. The van der Waals surface area contributed by atoms with E-state index in [1.54, 1.807) is 0 Å². The summed E-state index contributed by atoms with van der Waals surface area (Å²) < 4.78 is 5.81. The van der Waals surface area contributed by atoms with Crippen molar-refractivity contribution in [1.29, 1.82) is 0 Å². The van der Waals surface area contributed by atoms with Gasteiger partial charge in [0.25, 0.3) is 0 Å². The van der Waals surface area contributed by atoms with Gasteiger partial charge in [-0.05, 0) is 36.4 Å². The van der Waals surface area contributed by atoms with Crippen molar-refractivity contribution < 1.29 is 4.74 Å². The van der Waals surface area contributed by atoms with Crippen LogP contribution in [-0.4, -0.2) is 13.1 Å². The van der Waals surface area contributed by atoms with Gasteiger partial charge in [-0.2, -0.15) is 0 Å². The van der Waals surface area contributed by atoms with E-state index in [4.69, 9.17) is 4.74 Å². The second-order valence-electron chi connectivity index (χ2n) is 5.60. The quantitative estimate of drug-likeness (QED) is 0.841. The molecule has 2 rings (SSSR count). The molecule has 106 valence electrons. The van der Waals surface area contributed by atoms with Gasteiger partial charge in [0.2, 0.25) is 0 Å². The monoisotopic (exact) mass is 269 g/mol. The van der Waals surface area contributed by atoms with Crippen molar-refractivity contribution in [2.45, 2.75) is 26.2 Å². The highest BCUT2D eigenvalue weighted by molar-refractivity contribution is 5.35. The number of hydrogen-bond donors (Lipinski definition) is 1. The Morgan fingerprint density at radius 1 is 0.900 bits per heavy atom. The van der Waals surface area contributed by atoms with E-state index in [9.17, 15) is 0 Å². The van der Waals surface area contributed by atoms with Crippen molar-refractivity contribution in [3.05, 3.63) is 60.2 Å². The lowest BCUT2D eigenvalue weighted by molar-refractivity contribution is 0.470. The number of hydrogen-bond acceptors (Lipinski definition) is 2. The van der Waals surface area contributed by atoms with Crippen LogP contribution in [0.15, 0.2) is 54.6 Å². The Morgan fingerprint density at radius 3 is 2.10 bits per heavy atom. The van der Waals surface area contributed by atoms with Gasteiger partial charge in [0, 0.05) is 12.0 Å². The second kappa shape index (κ2) is 6.58. The Morgan fingerprint density at radius 2 is 1.50 bits per heavy atom. The molecule has 0 fully saturated rings. The van der Waals surface area contributed by atoms with Crippen LogP contribution in [-0.2, 0) is 5.41 Å². The third-order valence-electron chi connectivity index (χ3n) is 3.43. The number of benzene rings is 2. The van der Waals surface area contributed by atoms with Crippen molar-refractivity contribution in [2.75, 3.05) is 13.1 Å². The molecule has 0 bridgehead atoms. The number of rotatable bonds is 6. The summed E-state index contributed by atoms with van der Waals surface area (Å²) in [5, 5.41) is 3.41. The van der Waals surface area contributed by atoms with Crippen molar-refractivity contribution in [3.63, 3.8) is 0 Å². The summed E-state index contributed by atoms with van der Waals surface area (Å²) in [5.74, 6) is 1.74. The molecule has 0 amide bonds. The zero-order chi connectivity index (χ0) is 14.4. The first-order chi connectivity index (χ1) is 9.62. The fraction of sp³-hybridized carbons (Fsp3) is 0.333. The highest BCUT2D eigenvalue weighted by Gasteiger charge is 2.19. The summed E-state index contributed by atoms with van der Waals surface area (Å²) in [6, 6.07) is 18.2. The van der Waals surface area contributed by atoms with E-state index in [2.05, 4.69) is 38.2 Å². The zero-order valence-corrected chi connectivity index (χ0v) is 12.5. The highest BCUT2D eigenvalue weighted by atomic mass is 16.5. The van der Waals surface area contributed by atoms with E-state index in [0.717, 1.165) is 24.6 Å². The van der Waals surface area contributed by atoms with Crippen LogP contribution in [0.3, 0.4) is 0 Å². The first-order valence-electron chi connectivity index (χ1n) is 7.16. The van der Waals surface area contributed by atoms with Gasteiger partial charge >= 0.3 is 0 Å². The van der Waals surface area contributed by atoms with Crippen LogP contribution in [0.4, 0.5) is 0 Å². The van der Waals surface area contributed by atoms with Gasteiger partial charge < -0.3 is 10.1 Å². The number of ether oxygens (including phenoxy) is 1. The maximum Gasteiger partial charge on any atom is 0.127 e. The molecule has 0 saturated carbocycles. The van der Waals surface area contributed by atoms with Crippen LogP contribution >= 0.6 is 0 Å². The van der Waals surface area contributed by atoms with Gasteiger partial charge in [0.05, 0.1) is 0 Å². The molecule has 0 spiro atoms. The summed E-state index contributed by atoms with van der Waals surface area (Å²) in [5.41, 5.74) is 1.44. The van der Waals surface area contributed by atoms with E-state index in [1.165, 1.54) is 5.56 Å². The lowest BCUT2D eigenvalue weighted by atomic mass is 9.84. The molecule has 0 aliphatic carbocycles. The first-order valence-corrected chi connectivity index (χ1v) is 7.16. The van der Waals surface area contributed by atoms with Gasteiger partial charge in [0.1, 0.15) is 11.5 Å². The summed E-state index contributed by atoms with van der Waals surface area (Å²) in [6.07, 6.45) is 0. The number of nitrogens with one attached hydrogen (secondary N) is 1. The van der Waals surface area contributed by atoms with Gasteiger partial charge in [0.15, 0.2) is 0 Å². The van der Waals surface area contributed by atoms with Gasteiger partial charge in [-0.1, -0.05) is 51.1 Å². The van der Waals surface area contributed by atoms with E-state index in [0.29, 0.717) is 0 Å². The molecule has 0 heterocycles. The van der Waals surface area contributed by atoms with E-state index in [-0.39, 0.29) is 5.41 Å². The molecule has 0 radical (unpaired) electrons. The summed E-state index contributed by atoms with van der Waals surface area (Å²) in [6.45, 7) is 8.61. The molecule has 0 unspecified atom stereocenters. The summed E-state index contributed by atoms with van der Waals surface area (Å²) in [7, 11) is 0. The largest absolute Gasteiger partial charge is 0.457 e. The Balaban J connectivity index is 2.06. The molecule has 2 aromatic rings. The third-order valence-corrected chi connectivity index (χ3v) is 3.43. The highest BCUT2D eigenvalue weighted by Crippen LogP contribution is 2.26. The Bertz CT molecular complexity index is 517. The minimum Gasteiger partial charge on any atom is -0.457 e. The van der Waals surface area contributed by atoms with Crippen molar-refractivity contribution in [2.24, 2.45) is 0 Å². The van der Waals surface area contributed by atoms with Crippen LogP contribution in [0, 0.1) is 0 Å². The molecule has 2 heteroatoms. The predicted octanol–water partition coefficient (Wildman–Crippen LogP) is 4.37. The topological polar surface area (TPSA) is 21.3 Å². The van der Waals surface area contributed by atoms with Gasteiger partial charge in [-0.15, -0.1) is 0 Å². The number of likely N-dealkylation sites (N-methyl/N-ethyl adjacent to an activating group) is 1. The van der Waals surface area contributed by atoms with Crippen molar-refractivity contribution >= 4 is 0 Å². The molecule has 0 saturated heterocycles. The van der Waals surface area contributed by atoms with E-state index < -0.39 is 0 Å². The fourth-order valence-corrected chi connectivity index (χ4v) is 2.14. The molecule has 20 heavy (non-hydrogen) atoms. The minimum atomic E-state index is 0.126. The molecule has 0 aliphatic heterocycles. The maximum absolute atomic E-state index is 5.81. The molecule has 0 atom stereocenters. The molecule has 2 nitrogen and oxygen atoms in total. The molecule has 2 aromatic carbocycles. The lowest BCUT2D eigenvalue weighted by Crippen LogP contribution is -2.32. The van der Waals surface area contributed by atoms with Crippen molar-refractivity contribution in [3.8, 4) is 11.5 Å². The lowest BCUT2D eigenvalue weighted by Gasteiger charge is -2.25. The minimum absolute atomic E-state index is 0.126. The predicted molar refractivity (Wildman–Crippen MR) is 84.5 cm³/mol. The van der Waals surface area contributed by atoms with Crippen LogP contribution in [0.25, 0.3) is 0 Å². The summed E-state index contributed by atoms with van der Waals surface area (Å²) in [4.78, 5) is 0. The smallest absolute Gasteiger partial charge is 0.127 e. The van der Waals surface area contributed by atoms with Crippen LogP contribution < -0.4 is 10.1 Å². The molecule has 0 aromatic heterocycles. The van der Waals surface area contributed by atoms with Gasteiger partial charge in [-0.25, -0.2) is 0 Å². The normalized spacial score (nSPS) is 11.3. The third kappa shape index (κ3) is 3.84. The molecule has 1 N–H and O–H groups in total. The summed E-state index contributed by atoms with van der Waals surface area (Å²) >= 11 is 0. The van der Waals surface area contributed by atoms with Crippen LogP contribution in [0.5, 0.6) is 11.5 Å². The average molecular weight is 269 g/mol. The SMILES string of the molecule is CCNCC(C)(C)c1ccc(Oc2ccccc2)cc1. The maximum atomic E-state index is 5.81. The van der Waals surface area contributed by atoms with E-state index in [1.807, 2.05) is 42.5 Å². The standard InChI is InChI=1S/C18H23NO/c1-4-19-14-18(2,3)15-10-12-17(13-11-15)20-16-8-6-5-7-9-16/h5-13,19H,4,14H2,1-3H3. The van der Waals surface area contributed by atoms with Crippen LogP contribution in [0.1, 0.15) is 26.3 Å². The van der Waals surface area contributed by atoms with Gasteiger partial charge in [-0.3, -0.25) is 0 Å². The second-order valence-corrected chi connectivity index (χ2v) is 5.60. The molecular formula is C18H23NO.